The highest BCUT2D eigenvalue weighted by atomic mass is 79.9. The normalized spacial score (nSPS) is 10.2. The van der Waals surface area contributed by atoms with E-state index in [9.17, 15) is 4.79 Å². The van der Waals surface area contributed by atoms with E-state index in [1.165, 1.54) is 12.5 Å². The quantitative estimate of drug-likeness (QED) is 0.836. The van der Waals surface area contributed by atoms with Crippen LogP contribution >= 0.6 is 15.9 Å². The van der Waals surface area contributed by atoms with Crippen LogP contribution in [0.15, 0.2) is 39.6 Å². The monoisotopic (exact) mass is 294 g/mol. The van der Waals surface area contributed by atoms with E-state index in [1.807, 2.05) is 13.0 Å². The summed E-state index contributed by atoms with van der Waals surface area (Å²) in [6, 6.07) is 5.18. The smallest absolute Gasteiger partial charge is 0.258 e. The Balaban J connectivity index is 2.25. The lowest BCUT2D eigenvalue weighted by molar-refractivity contribution is 0.102. The van der Waals surface area contributed by atoms with Crippen LogP contribution in [0, 0.1) is 6.92 Å². The van der Waals surface area contributed by atoms with E-state index in [2.05, 4.69) is 21.2 Å². The molecule has 4 nitrogen and oxygen atoms in total. The van der Waals surface area contributed by atoms with Gasteiger partial charge in [0.05, 0.1) is 17.5 Å². The average Bonchev–Trinajstić information content (AvgIpc) is 2.79. The van der Waals surface area contributed by atoms with Crippen molar-refractivity contribution >= 4 is 33.2 Å². The summed E-state index contributed by atoms with van der Waals surface area (Å²) in [6.07, 6.45) is 2.84. The highest BCUT2D eigenvalue weighted by Crippen LogP contribution is 2.28. The van der Waals surface area contributed by atoms with Gasteiger partial charge in [-0.3, -0.25) is 4.79 Å². The summed E-state index contributed by atoms with van der Waals surface area (Å²) in [5.41, 5.74) is 8.49. The van der Waals surface area contributed by atoms with Crippen molar-refractivity contribution in [1.82, 2.24) is 0 Å². The maximum Gasteiger partial charge on any atom is 0.258 e. The minimum absolute atomic E-state index is 0.234. The number of aryl methyl sites for hydroxylation is 1. The molecule has 3 N–H and O–H groups in total. The fraction of sp³-hybridized carbons (Fsp3) is 0.0833. The molecule has 0 radical (unpaired) electrons. The lowest BCUT2D eigenvalue weighted by Crippen LogP contribution is -2.11. The molecule has 0 spiro atoms. The molecule has 5 heteroatoms. The van der Waals surface area contributed by atoms with Crippen LogP contribution in [0.1, 0.15) is 15.9 Å². The molecule has 0 saturated heterocycles. The molecule has 1 aromatic heterocycles. The molecule has 1 aromatic carbocycles. The molecule has 1 amide bonds. The first-order chi connectivity index (χ1) is 8.08. The molecule has 0 bridgehead atoms. The van der Waals surface area contributed by atoms with Gasteiger partial charge in [0, 0.05) is 10.2 Å². The number of furan rings is 1. The van der Waals surface area contributed by atoms with Crippen LogP contribution in [-0.2, 0) is 0 Å². The van der Waals surface area contributed by atoms with Gasteiger partial charge in [-0.05, 0) is 46.6 Å². The zero-order valence-corrected chi connectivity index (χ0v) is 10.7. The van der Waals surface area contributed by atoms with Crippen molar-refractivity contribution in [3.8, 4) is 0 Å². The molecule has 0 aliphatic heterocycles. The average molecular weight is 295 g/mol. The summed E-state index contributed by atoms with van der Waals surface area (Å²) < 4.78 is 5.64. The Morgan fingerprint density at radius 1 is 1.47 bits per heavy atom. The number of hydrogen-bond acceptors (Lipinski definition) is 3. The molecule has 0 fully saturated rings. The summed E-state index contributed by atoms with van der Waals surface area (Å²) in [4.78, 5) is 11.8. The highest BCUT2D eigenvalue weighted by molar-refractivity contribution is 9.10. The molecule has 1 heterocycles. The predicted octanol–water partition coefficient (Wildman–Crippen LogP) is 3.19. The largest absolute Gasteiger partial charge is 0.472 e. The van der Waals surface area contributed by atoms with Crippen LogP contribution < -0.4 is 11.1 Å². The van der Waals surface area contributed by atoms with E-state index in [-0.39, 0.29) is 5.91 Å². The Labute approximate surface area is 107 Å². The number of rotatable bonds is 2. The molecule has 0 atom stereocenters. The minimum Gasteiger partial charge on any atom is -0.472 e. The number of benzene rings is 1. The third kappa shape index (κ3) is 2.50. The van der Waals surface area contributed by atoms with Gasteiger partial charge < -0.3 is 15.5 Å². The Hall–Kier alpha value is -1.75. The molecule has 2 rings (SSSR count). The number of halogens is 1. The standard InChI is InChI=1S/C12H11BrN2O2/c1-7-4-9(13)11(5-10(7)14)15-12(16)8-2-3-17-6-8/h2-6H,14H2,1H3,(H,15,16). The van der Waals surface area contributed by atoms with Crippen molar-refractivity contribution < 1.29 is 9.21 Å². The third-order valence-corrected chi connectivity index (χ3v) is 3.04. The van der Waals surface area contributed by atoms with Crippen molar-refractivity contribution in [2.75, 3.05) is 11.1 Å². The number of nitrogens with one attached hydrogen (secondary N) is 1. The fourth-order valence-corrected chi connectivity index (χ4v) is 1.93. The van der Waals surface area contributed by atoms with Crippen LogP contribution in [0.4, 0.5) is 11.4 Å². The van der Waals surface area contributed by atoms with Crippen LogP contribution in [0.3, 0.4) is 0 Å². The summed E-state index contributed by atoms with van der Waals surface area (Å²) in [5.74, 6) is -0.234. The molecular formula is C12H11BrN2O2. The number of hydrogen-bond donors (Lipinski definition) is 2. The van der Waals surface area contributed by atoms with E-state index >= 15 is 0 Å². The summed E-state index contributed by atoms with van der Waals surface area (Å²) in [7, 11) is 0. The summed E-state index contributed by atoms with van der Waals surface area (Å²) in [6.45, 7) is 1.90. The van der Waals surface area contributed by atoms with Crippen LogP contribution in [0.5, 0.6) is 0 Å². The molecule has 0 unspecified atom stereocenters. The Kier molecular flexibility index (Phi) is 3.19. The summed E-state index contributed by atoms with van der Waals surface area (Å²) >= 11 is 3.38. The van der Waals surface area contributed by atoms with Gasteiger partial charge in [-0.25, -0.2) is 0 Å². The zero-order valence-electron chi connectivity index (χ0n) is 9.16. The van der Waals surface area contributed by atoms with Crippen molar-refractivity contribution in [2.45, 2.75) is 6.92 Å². The van der Waals surface area contributed by atoms with E-state index in [4.69, 9.17) is 10.2 Å². The van der Waals surface area contributed by atoms with Crippen LogP contribution in [0.25, 0.3) is 0 Å². The van der Waals surface area contributed by atoms with E-state index in [1.54, 1.807) is 12.1 Å². The van der Waals surface area contributed by atoms with E-state index in [0.717, 1.165) is 10.0 Å². The van der Waals surface area contributed by atoms with Gasteiger partial charge in [-0.15, -0.1) is 0 Å². The van der Waals surface area contributed by atoms with Gasteiger partial charge in [0.25, 0.3) is 5.91 Å². The highest BCUT2D eigenvalue weighted by Gasteiger charge is 2.10. The second kappa shape index (κ2) is 4.63. The van der Waals surface area contributed by atoms with Gasteiger partial charge >= 0.3 is 0 Å². The second-order valence-electron chi connectivity index (χ2n) is 3.65. The lowest BCUT2D eigenvalue weighted by Gasteiger charge is -2.09. The molecule has 0 aliphatic carbocycles. The van der Waals surface area contributed by atoms with Crippen LogP contribution in [-0.4, -0.2) is 5.91 Å². The van der Waals surface area contributed by atoms with Crippen LogP contribution in [0.2, 0.25) is 0 Å². The molecule has 2 aromatic rings. The van der Waals surface area contributed by atoms with Gasteiger partial charge in [-0.2, -0.15) is 0 Å². The maximum atomic E-state index is 11.8. The van der Waals surface area contributed by atoms with Gasteiger partial charge in [0.1, 0.15) is 6.26 Å². The van der Waals surface area contributed by atoms with Crippen molar-refractivity contribution in [3.05, 3.63) is 46.3 Å². The Morgan fingerprint density at radius 2 is 2.24 bits per heavy atom. The second-order valence-corrected chi connectivity index (χ2v) is 4.51. The van der Waals surface area contributed by atoms with Gasteiger partial charge in [0.2, 0.25) is 0 Å². The van der Waals surface area contributed by atoms with E-state index < -0.39 is 0 Å². The first kappa shape index (κ1) is 11.7. The molecule has 0 saturated carbocycles. The zero-order chi connectivity index (χ0) is 12.4. The SMILES string of the molecule is Cc1cc(Br)c(NC(=O)c2ccoc2)cc1N. The minimum atomic E-state index is -0.234. The Bertz CT molecular complexity index is 550. The fourth-order valence-electron chi connectivity index (χ4n) is 1.37. The van der Waals surface area contributed by atoms with Crippen molar-refractivity contribution in [1.29, 1.82) is 0 Å². The predicted molar refractivity (Wildman–Crippen MR) is 70.0 cm³/mol. The van der Waals surface area contributed by atoms with Crippen molar-refractivity contribution in [2.24, 2.45) is 0 Å². The first-order valence-electron chi connectivity index (χ1n) is 4.97. The number of carbonyl (C=O) groups excluding carboxylic acids is 1. The molecule has 0 aliphatic rings. The van der Waals surface area contributed by atoms with Gasteiger partial charge in [-0.1, -0.05) is 0 Å². The molecule has 88 valence electrons. The lowest BCUT2D eigenvalue weighted by atomic mass is 10.2. The number of nitrogens with two attached hydrogens (primary N) is 1. The summed E-state index contributed by atoms with van der Waals surface area (Å²) in [5, 5.41) is 2.75. The molecule has 17 heavy (non-hydrogen) atoms. The van der Waals surface area contributed by atoms with Crippen molar-refractivity contribution in [3.63, 3.8) is 0 Å². The molecular weight excluding hydrogens is 284 g/mol. The third-order valence-electron chi connectivity index (χ3n) is 2.39. The van der Waals surface area contributed by atoms with E-state index in [0.29, 0.717) is 16.9 Å². The first-order valence-corrected chi connectivity index (χ1v) is 5.76. The number of nitrogen functional groups attached to an aromatic ring is 1. The number of anilines is 2. The Morgan fingerprint density at radius 3 is 2.88 bits per heavy atom. The number of carbonyl (C=O) groups is 1. The number of amides is 1. The van der Waals surface area contributed by atoms with Gasteiger partial charge in [0.15, 0.2) is 0 Å². The topological polar surface area (TPSA) is 68.3 Å². The maximum absolute atomic E-state index is 11.8.